The molecule has 4 heteroatoms. The van der Waals surface area contributed by atoms with Crippen LogP contribution in [0.25, 0.3) is 0 Å². The molecule has 0 heterocycles. The molecule has 1 atom stereocenters. The Hall–Kier alpha value is -0.610. The first-order chi connectivity index (χ1) is 8.65. The second kappa shape index (κ2) is 8.48. The molecule has 0 saturated heterocycles. The molecular weight excluding hydrogens is 250 g/mol. The third-order valence-electron chi connectivity index (χ3n) is 2.50. The van der Waals surface area contributed by atoms with Crippen LogP contribution < -0.4 is 5.32 Å². The van der Waals surface area contributed by atoms with E-state index in [-0.39, 0.29) is 12.2 Å². The standard InChI is InChI=1S/C14H22ClNO2/c1-11(2)17-8-9-18-14(10-16-3)12-6-4-5-7-13(12)15/h4-7,11,14,16H,8-10H2,1-3H3. The molecule has 0 fully saturated rings. The van der Waals surface area contributed by atoms with Gasteiger partial charge >= 0.3 is 0 Å². The van der Waals surface area contributed by atoms with Crippen LogP contribution in [0, 0.1) is 0 Å². The van der Waals surface area contributed by atoms with Crippen LogP contribution in [0.5, 0.6) is 0 Å². The van der Waals surface area contributed by atoms with Crippen molar-refractivity contribution in [1.82, 2.24) is 5.32 Å². The maximum absolute atomic E-state index is 6.18. The summed E-state index contributed by atoms with van der Waals surface area (Å²) in [7, 11) is 1.90. The summed E-state index contributed by atoms with van der Waals surface area (Å²) in [6, 6.07) is 7.77. The van der Waals surface area contributed by atoms with Crippen LogP contribution in [-0.4, -0.2) is 32.9 Å². The summed E-state index contributed by atoms with van der Waals surface area (Å²) in [5.41, 5.74) is 1.01. The van der Waals surface area contributed by atoms with Crippen molar-refractivity contribution in [3.63, 3.8) is 0 Å². The van der Waals surface area contributed by atoms with E-state index >= 15 is 0 Å². The molecule has 0 aliphatic heterocycles. The molecule has 0 aliphatic rings. The highest BCUT2D eigenvalue weighted by atomic mass is 35.5. The van der Waals surface area contributed by atoms with Crippen LogP contribution in [0.3, 0.4) is 0 Å². The lowest BCUT2D eigenvalue weighted by atomic mass is 10.1. The lowest BCUT2D eigenvalue weighted by Gasteiger charge is -2.19. The fourth-order valence-corrected chi connectivity index (χ4v) is 1.91. The Morgan fingerprint density at radius 2 is 1.83 bits per heavy atom. The van der Waals surface area contributed by atoms with Gasteiger partial charge in [-0.3, -0.25) is 0 Å². The molecule has 0 radical (unpaired) electrons. The van der Waals surface area contributed by atoms with Crippen molar-refractivity contribution in [3.8, 4) is 0 Å². The Bertz CT molecular complexity index is 344. The molecule has 1 unspecified atom stereocenters. The van der Waals surface area contributed by atoms with Crippen LogP contribution in [0.1, 0.15) is 25.5 Å². The van der Waals surface area contributed by atoms with Gasteiger partial charge in [0.05, 0.1) is 25.4 Å². The van der Waals surface area contributed by atoms with Gasteiger partial charge in [-0.25, -0.2) is 0 Å². The van der Waals surface area contributed by atoms with E-state index in [0.717, 1.165) is 17.1 Å². The summed E-state index contributed by atoms with van der Waals surface area (Å²) < 4.78 is 11.3. The summed E-state index contributed by atoms with van der Waals surface area (Å²) in [5.74, 6) is 0. The van der Waals surface area contributed by atoms with Gasteiger partial charge in [-0.1, -0.05) is 29.8 Å². The van der Waals surface area contributed by atoms with E-state index in [0.29, 0.717) is 13.2 Å². The minimum atomic E-state index is -0.0422. The van der Waals surface area contributed by atoms with E-state index in [1.54, 1.807) is 0 Å². The van der Waals surface area contributed by atoms with Crippen molar-refractivity contribution < 1.29 is 9.47 Å². The molecule has 3 nitrogen and oxygen atoms in total. The SMILES string of the molecule is CNCC(OCCOC(C)C)c1ccccc1Cl. The molecule has 1 N–H and O–H groups in total. The van der Waals surface area contributed by atoms with Crippen molar-refractivity contribution in [2.45, 2.75) is 26.1 Å². The smallest absolute Gasteiger partial charge is 0.0964 e. The third-order valence-corrected chi connectivity index (χ3v) is 2.84. The number of hydrogen-bond donors (Lipinski definition) is 1. The summed E-state index contributed by atoms with van der Waals surface area (Å²) in [4.78, 5) is 0. The van der Waals surface area contributed by atoms with Crippen molar-refractivity contribution in [3.05, 3.63) is 34.9 Å². The quantitative estimate of drug-likeness (QED) is 0.737. The third kappa shape index (κ3) is 5.36. The zero-order valence-corrected chi connectivity index (χ0v) is 12.0. The van der Waals surface area contributed by atoms with Gasteiger partial charge in [-0.05, 0) is 27.0 Å². The first kappa shape index (κ1) is 15.4. The minimum absolute atomic E-state index is 0.0422. The van der Waals surface area contributed by atoms with Gasteiger partial charge < -0.3 is 14.8 Å². The van der Waals surface area contributed by atoms with E-state index in [4.69, 9.17) is 21.1 Å². The monoisotopic (exact) mass is 271 g/mol. The maximum Gasteiger partial charge on any atom is 0.0964 e. The predicted molar refractivity (Wildman–Crippen MR) is 75.2 cm³/mol. The Kier molecular flexibility index (Phi) is 7.28. The van der Waals surface area contributed by atoms with Crippen molar-refractivity contribution in [1.29, 1.82) is 0 Å². The molecule has 18 heavy (non-hydrogen) atoms. The maximum atomic E-state index is 6.18. The van der Waals surface area contributed by atoms with Crippen LogP contribution in [0.4, 0.5) is 0 Å². The molecule has 0 saturated carbocycles. The van der Waals surface area contributed by atoms with Crippen LogP contribution in [-0.2, 0) is 9.47 Å². The zero-order chi connectivity index (χ0) is 13.4. The van der Waals surface area contributed by atoms with Gasteiger partial charge in [0, 0.05) is 17.1 Å². The molecule has 0 aliphatic carbocycles. The van der Waals surface area contributed by atoms with Gasteiger partial charge in [0.15, 0.2) is 0 Å². The van der Waals surface area contributed by atoms with Gasteiger partial charge in [-0.2, -0.15) is 0 Å². The molecular formula is C14H22ClNO2. The zero-order valence-electron chi connectivity index (χ0n) is 11.3. The van der Waals surface area contributed by atoms with Gasteiger partial charge in [0.25, 0.3) is 0 Å². The van der Waals surface area contributed by atoms with Crippen LogP contribution in [0.15, 0.2) is 24.3 Å². The summed E-state index contributed by atoms with van der Waals surface area (Å²) in [6.45, 7) is 5.92. The van der Waals surface area contributed by atoms with E-state index < -0.39 is 0 Å². The number of halogens is 1. The number of ether oxygens (including phenoxy) is 2. The van der Waals surface area contributed by atoms with E-state index in [1.807, 2.05) is 45.2 Å². The fraction of sp³-hybridized carbons (Fsp3) is 0.571. The van der Waals surface area contributed by atoms with Crippen molar-refractivity contribution >= 4 is 11.6 Å². The molecule has 0 amide bonds. The van der Waals surface area contributed by atoms with Gasteiger partial charge in [0.1, 0.15) is 0 Å². The average Bonchev–Trinajstić information content (AvgIpc) is 2.34. The lowest BCUT2D eigenvalue weighted by Crippen LogP contribution is -2.22. The second-order valence-electron chi connectivity index (χ2n) is 4.36. The largest absolute Gasteiger partial charge is 0.376 e. The Morgan fingerprint density at radius 1 is 1.17 bits per heavy atom. The van der Waals surface area contributed by atoms with Gasteiger partial charge in [-0.15, -0.1) is 0 Å². The molecule has 1 aromatic carbocycles. The van der Waals surface area contributed by atoms with Crippen molar-refractivity contribution in [2.75, 3.05) is 26.8 Å². The lowest BCUT2D eigenvalue weighted by molar-refractivity contribution is -0.0124. The molecule has 1 rings (SSSR count). The van der Waals surface area contributed by atoms with Crippen LogP contribution >= 0.6 is 11.6 Å². The average molecular weight is 272 g/mol. The number of likely N-dealkylation sites (N-methyl/N-ethyl adjacent to an activating group) is 1. The van der Waals surface area contributed by atoms with Crippen molar-refractivity contribution in [2.24, 2.45) is 0 Å². The Morgan fingerprint density at radius 3 is 2.44 bits per heavy atom. The number of benzene rings is 1. The number of nitrogens with one attached hydrogen (secondary N) is 1. The highest BCUT2D eigenvalue weighted by Crippen LogP contribution is 2.24. The fourth-order valence-electron chi connectivity index (χ4n) is 1.65. The molecule has 0 aromatic heterocycles. The Balaban J connectivity index is 2.52. The van der Waals surface area contributed by atoms with E-state index in [9.17, 15) is 0 Å². The van der Waals surface area contributed by atoms with E-state index in [2.05, 4.69) is 5.32 Å². The molecule has 0 bridgehead atoms. The van der Waals surface area contributed by atoms with Gasteiger partial charge in [0.2, 0.25) is 0 Å². The minimum Gasteiger partial charge on any atom is -0.376 e. The summed E-state index contributed by atoms with van der Waals surface area (Å²) >= 11 is 6.18. The van der Waals surface area contributed by atoms with Crippen LogP contribution in [0.2, 0.25) is 5.02 Å². The first-order valence-electron chi connectivity index (χ1n) is 6.27. The highest BCUT2D eigenvalue weighted by molar-refractivity contribution is 6.31. The summed E-state index contributed by atoms with van der Waals surface area (Å²) in [6.07, 6.45) is 0.191. The number of rotatable bonds is 8. The normalized spacial score (nSPS) is 12.9. The first-order valence-corrected chi connectivity index (χ1v) is 6.65. The second-order valence-corrected chi connectivity index (χ2v) is 4.77. The molecule has 1 aromatic rings. The Labute approximate surface area is 114 Å². The molecule has 102 valence electrons. The molecule has 0 spiro atoms. The highest BCUT2D eigenvalue weighted by Gasteiger charge is 2.14. The topological polar surface area (TPSA) is 30.5 Å². The summed E-state index contributed by atoms with van der Waals surface area (Å²) in [5, 5.41) is 3.86. The van der Waals surface area contributed by atoms with E-state index in [1.165, 1.54) is 0 Å². The predicted octanol–water partition coefficient (Wildman–Crippen LogP) is 3.04. The number of hydrogen-bond acceptors (Lipinski definition) is 3.